The van der Waals surface area contributed by atoms with Crippen molar-refractivity contribution in [1.29, 1.82) is 0 Å². The lowest BCUT2D eigenvalue weighted by atomic mass is 9.86. The Hall–Kier alpha value is -1.77. The molecule has 0 radical (unpaired) electrons. The maximum atomic E-state index is 5.67. The van der Waals surface area contributed by atoms with Gasteiger partial charge in [-0.2, -0.15) is 0 Å². The highest BCUT2D eigenvalue weighted by Gasteiger charge is 2.14. The highest BCUT2D eigenvalue weighted by atomic mass is 16.5. The van der Waals surface area contributed by atoms with Gasteiger partial charge in [0.05, 0.1) is 11.8 Å². The number of aromatic nitrogens is 1. The van der Waals surface area contributed by atoms with Crippen molar-refractivity contribution in [2.45, 2.75) is 26.2 Å². The topological polar surface area (TPSA) is 52.0 Å². The Morgan fingerprint density at radius 1 is 1.12 bits per heavy atom. The summed E-state index contributed by atoms with van der Waals surface area (Å²) in [5, 5.41) is 3.67. The standard InChI is InChI=1S/C13H16N2O/c1-13(2,3)10-6-4-9(5-7-10)11-8-15-16-12(11)14/h4-8H,14H2,1-3H3. The molecule has 0 atom stereocenters. The zero-order valence-electron chi connectivity index (χ0n) is 9.82. The molecule has 3 heteroatoms. The molecule has 16 heavy (non-hydrogen) atoms. The van der Waals surface area contributed by atoms with Crippen LogP contribution in [-0.4, -0.2) is 5.16 Å². The van der Waals surface area contributed by atoms with Gasteiger partial charge in [0.15, 0.2) is 0 Å². The van der Waals surface area contributed by atoms with Crippen molar-refractivity contribution < 1.29 is 4.52 Å². The summed E-state index contributed by atoms with van der Waals surface area (Å²) in [4.78, 5) is 0. The Morgan fingerprint density at radius 2 is 1.75 bits per heavy atom. The van der Waals surface area contributed by atoms with Gasteiger partial charge >= 0.3 is 0 Å². The van der Waals surface area contributed by atoms with Gasteiger partial charge in [-0.3, -0.25) is 0 Å². The fourth-order valence-electron chi connectivity index (χ4n) is 1.62. The van der Waals surface area contributed by atoms with E-state index in [0.29, 0.717) is 5.88 Å². The van der Waals surface area contributed by atoms with Crippen LogP contribution in [0.5, 0.6) is 0 Å². The zero-order chi connectivity index (χ0) is 11.8. The molecule has 0 saturated carbocycles. The van der Waals surface area contributed by atoms with Crippen molar-refractivity contribution in [3.63, 3.8) is 0 Å². The van der Waals surface area contributed by atoms with E-state index in [0.717, 1.165) is 11.1 Å². The minimum Gasteiger partial charge on any atom is -0.367 e. The second-order valence-corrected chi connectivity index (χ2v) is 4.93. The minimum absolute atomic E-state index is 0.165. The fourth-order valence-corrected chi connectivity index (χ4v) is 1.62. The molecule has 1 aromatic heterocycles. The first kappa shape index (κ1) is 10.7. The molecule has 84 valence electrons. The normalized spacial score (nSPS) is 11.7. The van der Waals surface area contributed by atoms with Crippen molar-refractivity contribution in [3.05, 3.63) is 36.0 Å². The lowest BCUT2D eigenvalue weighted by molar-refractivity contribution is 0.436. The Kier molecular flexibility index (Phi) is 2.46. The van der Waals surface area contributed by atoms with E-state index in [-0.39, 0.29) is 5.41 Å². The fraction of sp³-hybridized carbons (Fsp3) is 0.308. The number of anilines is 1. The number of rotatable bonds is 1. The van der Waals surface area contributed by atoms with Crippen LogP contribution in [0.15, 0.2) is 35.0 Å². The van der Waals surface area contributed by atoms with E-state index in [1.54, 1.807) is 6.20 Å². The van der Waals surface area contributed by atoms with Crippen LogP contribution in [0.3, 0.4) is 0 Å². The summed E-state index contributed by atoms with van der Waals surface area (Å²) in [5.41, 5.74) is 9.01. The van der Waals surface area contributed by atoms with Crippen molar-refractivity contribution in [2.24, 2.45) is 0 Å². The van der Waals surface area contributed by atoms with E-state index in [1.165, 1.54) is 5.56 Å². The van der Waals surface area contributed by atoms with Crippen LogP contribution in [0.4, 0.5) is 5.88 Å². The van der Waals surface area contributed by atoms with Crippen LogP contribution >= 0.6 is 0 Å². The van der Waals surface area contributed by atoms with Crippen molar-refractivity contribution in [2.75, 3.05) is 5.73 Å². The van der Waals surface area contributed by atoms with Crippen LogP contribution in [0, 0.1) is 0 Å². The van der Waals surface area contributed by atoms with Crippen LogP contribution in [0.2, 0.25) is 0 Å². The van der Waals surface area contributed by atoms with E-state index in [4.69, 9.17) is 10.3 Å². The van der Waals surface area contributed by atoms with E-state index < -0.39 is 0 Å². The van der Waals surface area contributed by atoms with E-state index in [1.807, 2.05) is 12.1 Å². The zero-order valence-corrected chi connectivity index (χ0v) is 9.82. The lowest BCUT2D eigenvalue weighted by Gasteiger charge is -2.18. The molecular formula is C13H16N2O. The molecule has 0 bridgehead atoms. The molecule has 0 unspecified atom stereocenters. The molecule has 2 N–H and O–H groups in total. The van der Waals surface area contributed by atoms with Crippen LogP contribution < -0.4 is 5.73 Å². The maximum Gasteiger partial charge on any atom is 0.229 e. The average Bonchev–Trinajstić information content (AvgIpc) is 2.63. The second kappa shape index (κ2) is 3.67. The summed E-state index contributed by atoms with van der Waals surface area (Å²) in [6, 6.07) is 8.32. The third-order valence-electron chi connectivity index (χ3n) is 2.66. The van der Waals surface area contributed by atoms with Gasteiger partial charge in [0.25, 0.3) is 0 Å². The van der Waals surface area contributed by atoms with Crippen molar-refractivity contribution in [1.82, 2.24) is 5.16 Å². The van der Waals surface area contributed by atoms with Gasteiger partial charge in [-0.05, 0) is 16.5 Å². The van der Waals surface area contributed by atoms with Crippen LogP contribution in [-0.2, 0) is 5.41 Å². The van der Waals surface area contributed by atoms with Gasteiger partial charge in [-0.25, -0.2) is 0 Å². The molecule has 0 fully saturated rings. The number of nitrogens with zero attached hydrogens (tertiary/aromatic N) is 1. The van der Waals surface area contributed by atoms with Crippen LogP contribution in [0.25, 0.3) is 11.1 Å². The van der Waals surface area contributed by atoms with Gasteiger partial charge in [0.1, 0.15) is 0 Å². The first-order valence-corrected chi connectivity index (χ1v) is 5.29. The van der Waals surface area contributed by atoms with Gasteiger partial charge < -0.3 is 10.3 Å². The first-order chi connectivity index (χ1) is 7.48. The molecule has 3 nitrogen and oxygen atoms in total. The number of benzene rings is 1. The molecule has 0 amide bonds. The van der Waals surface area contributed by atoms with Gasteiger partial charge in [0.2, 0.25) is 5.88 Å². The lowest BCUT2D eigenvalue weighted by Crippen LogP contribution is -2.10. The van der Waals surface area contributed by atoms with E-state index >= 15 is 0 Å². The van der Waals surface area contributed by atoms with Gasteiger partial charge in [-0.15, -0.1) is 0 Å². The average molecular weight is 216 g/mol. The van der Waals surface area contributed by atoms with Crippen LogP contribution in [0.1, 0.15) is 26.3 Å². The molecule has 2 rings (SSSR count). The molecule has 0 aliphatic heterocycles. The third kappa shape index (κ3) is 1.94. The van der Waals surface area contributed by atoms with E-state index in [9.17, 15) is 0 Å². The summed E-state index contributed by atoms with van der Waals surface area (Å²) in [7, 11) is 0. The van der Waals surface area contributed by atoms with E-state index in [2.05, 4.69) is 38.1 Å². The van der Waals surface area contributed by atoms with Gasteiger partial charge in [-0.1, -0.05) is 50.2 Å². The van der Waals surface area contributed by atoms with Crippen molar-refractivity contribution >= 4 is 5.88 Å². The first-order valence-electron chi connectivity index (χ1n) is 5.29. The molecule has 0 aliphatic carbocycles. The molecular weight excluding hydrogens is 200 g/mol. The van der Waals surface area contributed by atoms with Crippen molar-refractivity contribution in [3.8, 4) is 11.1 Å². The minimum atomic E-state index is 0.165. The Balaban J connectivity index is 2.37. The number of nitrogen functional groups attached to an aromatic ring is 1. The molecule has 0 aliphatic rings. The summed E-state index contributed by atoms with van der Waals surface area (Å²) in [6.45, 7) is 6.57. The third-order valence-corrected chi connectivity index (χ3v) is 2.66. The summed E-state index contributed by atoms with van der Waals surface area (Å²) in [6.07, 6.45) is 1.64. The second-order valence-electron chi connectivity index (χ2n) is 4.93. The predicted molar refractivity (Wildman–Crippen MR) is 65.1 cm³/mol. The molecule has 0 saturated heterocycles. The smallest absolute Gasteiger partial charge is 0.229 e. The number of hydrogen-bond donors (Lipinski definition) is 1. The summed E-state index contributed by atoms with van der Waals surface area (Å²) < 4.78 is 4.84. The quantitative estimate of drug-likeness (QED) is 0.796. The Labute approximate surface area is 95.3 Å². The Morgan fingerprint density at radius 3 is 2.19 bits per heavy atom. The highest BCUT2D eigenvalue weighted by molar-refractivity contribution is 5.71. The SMILES string of the molecule is CC(C)(C)c1ccc(-c2cnoc2N)cc1. The van der Waals surface area contributed by atoms with Gasteiger partial charge in [0, 0.05) is 0 Å². The molecule has 2 aromatic rings. The highest BCUT2D eigenvalue weighted by Crippen LogP contribution is 2.28. The number of hydrogen-bond acceptors (Lipinski definition) is 3. The molecule has 0 spiro atoms. The largest absolute Gasteiger partial charge is 0.367 e. The summed E-state index contributed by atoms with van der Waals surface area (Å²) in [5.74, 6) is 0.364. The number of nitrogens with two attached hydrogens (primary N) is 1. The maximum absolute atomic E-state index is 5.67. The summed E-state index contributed by atoms with van der Waals surface area (Å²) >= 11 is 0. The Bertz CT molecular complexity index is 477. The monoisotopic (exact) mass is 216 g/mol. The molecule has 1 aromatic carbocycles. The predicted octanol–water partition coefficient (Wildman–Crippen LogP) is 3.22. The molecule has 1 heterocycles.